The van der Waals surface area contributed by atoms with Gasteiger partial charge in [0, 0.05) is 13.0 Å². The van der Waals surface area contributed by atoms with Crippen molar-refractivity contribution in [2.75, 3.05) is 18.5 Å². The van der Waals surface area contributed by atoms with Crippen molar-refractivity contribution in [1.29, 1.82) is 0 Å². The van der Waals surface area contributed by atoms with Crippen LogP contribution in [0, 0.1) is 5.92 Å². The average Bonchev–Trinajstić information content (AvgIpc) is 3.25. The van der Waals surface area contributed by atoms with Gasteiger partial charge in [0.1, 0.15) is 11.5 Å². The predicted octanol–water partition coefficient (Wildman–Crippen LogP) is 3.06. The second-order valence-corrected chi connectivity index (χ2v) is 6.09. The minimum atomic E-state index is -0.373. The Morgan fingerprint density at radius 3 is 2.92 bits per heavy atom. The summed E-state index contributed by atoms with van der Waals surface area (Å²) in [6.07, 6.45) is 2.68. The number of ether oxygens (including phenoxy) is 1. The lowest BCUT2D eigenvalue weighted by Gasteiger charge is -2.16. The maximum atomic E-state index is 12.6. The molecule has 2 amide bonds. The molecular formula is C19H22N2O4. The summed E-state index contributed by atoms with van der Waals surface area (Å²) in [5.41, 5.74) is 0.637. The summed E-state index contributed by atoms with van der Waals surface area (Å²) in [5.74, 6) is 0.791. The van der Waals surface area contributed by atoms with E-state index in [1.54, 1.807) is 23.3 Å². The molecule has 1 aliphatic heterocycles. The summed E-state index contributed by atoms with van der Waals surface area (Å²) >= 11 is 0. The minimum absolute atomic E-state index is 0.0351. The molecule has 1 saturated heterocycles. The normalized spacial score (nSPS) is 16.9. The Morgan fingerprint density at radius 1 is 1.32 bits per heavy atom. The fourth-order valence-corrected chi connectivity index (χ4v) is 2.83. The summed E-state index contributed by atoms with van der Waals surface area (Å²) in [4.78, 5) is 26.4. The van der Waals surface area contributed by atoms with Crippen LogP contribution < -0.4 is 10.1 Å². The summed E-state index contributed by atoms with van der Waals surface area (Å²) in [5, 5.41) is 2.90. The summed E-state index contributed by atoms with van der Waals surface area (Å²) in [6, 6.07) is 11.0. The van der Waals surface area contributed by atoms with Gasteiger partial charge in [-0.25, -0.2) is 0 Å². The van der Waals surface area contributed by atoms with Crippen LogP contribution in [0.4, 0.5) is 5.69 Å². The number of nitrogens with one attached hydrogen (secondary N) is 1. The van der Waals surface area contributed by atoms with Gasteiger partial charge < -0.3 is 19.4 Å². The van der Waals surface area contributed by atoms with E-state index < -0.39 is 0 Å². The topological polar surface area (TPSA) is 71.8 Å². The Labute approximate surface area is 146 Å². The minimum Gasteiger partial charge on any atom is -0.491 e. The summed E-state index contributed by atoms with van der Waals surface area (Å²) in [7, 11) is 0. The Bertz CT molecular complexity index is 727. The van der Waals surface area contributed by atoms with Gasteiger partial charge in [-0.3, -0.25) is 9.59 Å². The van der Waals surface area contributed by atoms with Crippen molar-refractivity contribution in [1.82, 2.24) is 4.90 Å². The van der Waals surface area contributed by atoms with Crippen molar-refractivity contribution < 1.29 is 18.7 Å². The van der Waals surface area contributed by atoms with Crippen LogP contribution in [-0.4, -0.2) is 29.9 Å². The molecule has 1 aromatic heterocycles. The third-order valence-corrected chi connectivity index (χ3v) is 4.12. The predicted molar refractivity (Wildman–Crippen MR) is 93.1 cm³/mol. The first-order chi connectivity index (χ1) is 12.2. The van der Waals surface area contributed by atoms with Gasteiger partial charge in [0.2, 0.25) is 11.8 Å². The van der Waals surface area contributed by atoms with E-state index in [0.29, 0.717) is 36.9 Å². The molecule has 1 unspecified atom stereocenters. The quantitative estimate of drug-likeness (QED) is 0.839. The molecule has 1 aromatic carbocycles. The highest BCUT2D eigenvalue weighted by atomic mass is 16.5. The van der Waals surface area contributed by atoms with E-state index >= 15 is 0 Å². The Balaban J connectivity index is 1.61. The van der Waals surface area contributed by atoms with Gasteiger partial charge in [-0.15, -0.1) is 0 Å². The van der Waals surface area contributed by atoms with Crippen LogP contribution in [0.2, 0.25) is 0 Å². The van der Waals surface area contributed by atoms with Crippen LogP contribution in [0.25, 0.3) is 0 Å². The van der Waals surface area contributed by atoms with Gasteiger partial charge >= 0.3 is 0 Å². The molecule has 3 rings (SSSR count). The molecule has 2 heterocycles. The standard InChI is InChI=1S/C19H22N2O4/c1-2-9-25-17-8-4-3-7-16(17)20-19(23)14-11-18(22)21(12-14)13-15-6-5-10-24-15/h3-8,10,14H,2,9,11-13H2,1H3,(H,20,23). The molecular weight excluding hydrogens is 320 g/mol. The molecule has 1 atom stereocenters. The molecule has 0 spiro atoms. The van der Waals surface area contributed by atoms with E-state index in [4.69, 9.17) is 9.15 Å². The number of hydrogen-bond donors (Lipinski definition) is 1. The van der Waals surface area contributed by atoms with Crippen molar-refractivity contribution in [3.05, 3.63) is 48.4 Å². The molecule has 1 N–H and O–H groups in total. The largest absolute Gasteiger partial charge is 0.491 e. The van der Waals surface area contributed by atoms with Crippen LogP contribution in [-0.2, 0) is 16.1 Å². The van der Waals surface area contributed by atoms with Crippen molar-refractivity contribution in [3.8, 4) is 5.75 Å². The zero-order valence-corrected chi connectivity index (χ0v) is 14.2. The second kappa shape index (κ2) is 7.88. The van der Waals surface area contributed by atoms with E-state index in [0.717, 1.165) is 6.42 Å². The molecule has 0 aliphatic carbocycles. The molecule has 132 valence electrons. The third kappa shape index (κ3) is 4.21. The number of benzene rings is 1. The molecule has 2 aromatic rings. The van der Waals surface area contributed by atoms with Crippen molar-refractivity contribution >= 4 is 17.5 Å². The fraction of sp³-hybridized carbons (Fsp3) is 0.368. The van der Waals surface area contributed by atoms with Crippen LogP contribution in [0.5, 0.6) is 5.75 Å². The van der Waals surface area contributed by atoms with Gasteiger partial charge in [0.05, 0.1) is 31.0 Å². The second-order valence-electron chi connectivity index (χ2n) is 6.09. The number of likely N-dealkylation sites (tertiary alicyclic amines) is 1. The number of nitrogens with zero attached hydrogens (tertiary/aromatic N) is 1. The van der Waals surface area contributed by atoms with E-state index in [2.05, 4.69) is 5.32 Å². The van der Waals surface area contributed by atoms with E-state index in [1.807, 2.05) is 31.2 Å². The zero-order valence-electron chi connectivity index (χ0n) is 14.2. The SMILES string of the molecule is CCCOc1ccccc1NC(=O)C1CC(=O)N(Cc2ccco2)C1. The van der Waals surface area contributed by atoms with E-state index in [-0.39, 0.29) is 24.2 Å². The first-order valence-electron chi connectivity index (χ1n) is 8.50. The molecule has 1 aliphatic rings. The first kappa shape index (κ1) is 17.1. The Morgan fingerprint density at radius 2 is 2.16 bits per heavy atom. The number of carbonyl (C=O) groups excluding carboxylic acids is 2. The Hall–Kier alpha value is -2.76. The van der Waals surface area contributed by atoms with Crippen LogP contribution in [0.15, 0.2) is 47.1 Å². The smallest absolute Gasteiger partial charge is 0.229 e. The monoisotopic (exact) mass is 342 g/mol. The average molecular weight is 342 g/mol. The zero-order chi connectivity index (χ0) is 17.6. The van der Waals surface area contributed by atoms with E-state index in [9.17, 15) is 9.59 Å². The molecule has 0 radical (unpaired) electrons. The number of furan rings is 1. The highest BCUT2D eigenvalue weighted by Crippen LogP contribution is 2.27. The van der Waals surface area contributed by atoms with E-state index in [1.165, 1.54) is 0 Å². The molecule has 6 nitrogen and oxygen atoms in total. The lowest BCUT2D eigenvalue weighted by molar-refractivity contribution is -0.128. The number of hydrogen-bond acceptors (Lipinski definition) is 4. The highest BCUT2D eigenvalue weighted by Gasteiger charge is 2.34. The lowest BCUT2D eigenvalue weighted by atomic mass is 10.1. The molecule has 0 saturated carbocycles. The van der Waals surface area contributed by atoms with Crippen LogP contribution in [0.3, 0.4) is 0 Å². The maximum absolute atomic E-state index is 12.6. The fourth-order valence-electron chi connectivity index (χ4n) is 2.83. The lowest BCUT2D eigenvalue weighted by Crippen LogP contribution is -2.28. The van der Waals surface area contributed by atoms with Gasteiger partial charge in [-0.2, -0.15) is 0 Å². The van der Waals surface area contributed by atoms with Gasteiger partial charge in [0.25, 0.3) is 0 Å². The van der Waals surface area contributed by atoms with Crippen LogP contribution in [0.1, 0.15) is 25.5 Å². The Kier molecular flexibility index (Phi) is 5.38. The van der Waals surface area contributed by atoms with Crippen LogP contribution >= 0.6 is 0 Å². The highest BCUT2D eigenvalue weighted by molar-refractivity contribution is 5.98. The molecule has 6 heteroatoms. The van der Waals surface area contributed by atoms with Crippen molar-refractivity contribution in [2.45, 2.75) is 26.3 Å². The molecule has 1 fully saturated rings. The number of para-hydroxylation sites is 2. The van der Waals surface area contributed by atoms with Gasteiger partial charge in [-0.05, 0) is 30.7 Å². The number of rotatable bonds is 7. The molecule has 0 bridgehead atoms. The van der Waals surface area contributed by atoms with Crippen molar-refractivity contribution in [2.24, 2.45) is 5.92 Å². The molecule has 25 heavy (non-hydrogen) atoms. The number of carbonyl (C=O) groups is 2. The maximum Gasteiger partial charge on any atom is 0.229 e. The summed E-state index contributed by atoms with van der Waals surface area (Å²) < 4.78 is 10.9. The summed E-state index contributed by atoms with van der Waals surface area (Å²) in [6.45, 7) is 3.40. The van der Waals surface area contributed by atoms with Crippen molar-refractivity contribution in [3.63, 3.8) is 0 Å². The number of amides is 2. The van der Waals surface area contributed by atoms with Gasteiger partial charge in [0.15, 0.2) is 0 Å². The third-order valence-electron chi connectivity index (χ3n) is 4.12. The van der Waals surface area contributed by atoms with Gasteiger partial charge in [-0.1, -0.05) is 19.1 Å². The number of anilines is 1. The first-order valence-corrected chi connectivity index (χ1v) is 8.50.